The monoisotopic (exact) mass is 460 g/mol. The highest BCUT2D eigenvalue weighted by Gasteiger charge is 2.30. The highest BCUT2D eigenvalue weighted by atomic mass is 35.5. The van der Waals surface area contributed by atoms with Crippen molar-refractivity contribution in [3.8, 4) is 0 Å². The minimum Gasteiger partial charge on any atom is -0.378 e. The second kappa shape index (κ2) is 11.5. The third kappa shape index (κ3) is 5.61. The molecule has 1 unspecified atom stereocenters. The van der Waals surface area contributed by atoms with Crippen LogP contribution in [0, 0.1) is 23.6 Å². The normalized spacial score (nSPS) is 31.4. The molecule has 0 radical (unpaired) electrons. The van der Waals surface area contributed by atoms with Gasteiger partial charge in [-0.1, -0.05) is 62.9 Å². The molecule has 0 spiro atoms. The molecular weight excluding hydrogens is 419 g/mol. The molecular formula is C29H42ClFO. The van der Waals surface area contributed by atoms with Crippen LogP contribution in [0.15, 0.2) is 18.2 Å². The van der Waals surface area contributed by atoms with E-state index in [9.17, 15) is 0 Å². The Morgan fingerprint density at radius 3 is 2.31 bits per heavy atom. The first-order valence-electron chi connectivity index (χ1n) is 13.4. The van der Waals surface area contributed by atoms with Crippen LogP contribution in [-0.4, -0.2) is 12.7 Å². The number of hydrogen-bond acceptors (Lipinski definition) is 1. The van der Waals surface area contributed by atoms with Crippen LogP contribution < -0.4 is 0 Å². The molecule has 2 fully saturated rings. The molecule has 0 heterocycles. The summed E-state index contributed by atoms with van der Waals surface area (Å²) in [6, 6.07) is 4.12. The summed E-state index contributed by atoms with van der Waals surface area (Å²) in [6.07, 6.45) is 18.2. The van der Waals surface area contributed by atoms with Crippen molar-refractivity contribution in [1.82, 2.24) is 0 Å². The highest BCUT2D eigenvalue weighted by molar-refractivity contribution is 6.32. The van der Waals surface area contributed by atoms with E-state index in [0.717, 1.165) is 80.4 Å². The molecule has 178 valence electrons. The zero-order valence-corrected chi connectivity index (χ0v) is 20.9. The Bertz CT molecular complexity index is 772. The molecule has 1 aromatic rings. The maximum absolute atomic E-state index is 15.3. The second-order valence-electron chi connectivity index (χ2n) is 10.6. The van der Waals surface area contributed by atoms with Crippen LogP contribution >= 0.6 is 11.6 Å². The van der Waals surface area contributed by atoms with E-state index >= 15 is 4.39 Å². The standard InChI is InChI=1S/C29H42ClFO/c1-3-19-32-25-15-13-24(14-16-25)27-18-17-26(28(30)29(27)31)23-11-9-22(10-12-23)21-7-5-20(4-2)6-8-21/h11,17-18,20-22,24-25H,3-10,12-16,19H2,1-2H3. The van der Waals surface area contributed by atoms with Crippen molar-refractivity contribution in [1.29, 1.82) is 0 Å². The van der Waals surface area contributed by atoms with E-state index in [4.69, 9.17) is 16.3 Å². The lowest BCUT2D eigenvalue weighted by atomic mass is 9.70. The van der Waals surface area contributed by atoms with Gasteiger partial charge in [0.1, 0.15) is 5.82 Å². The maximum Gasteiger partial charge on any atom is 0.145 e. The zero-order chi connectivity index (χ0) is 22.5. The Kier molecular flexibility index (Phi) is 8.74. The molecule has 4 rings (SSSR count). The van der Waals surface area contributed by atoms with Gasteiger partial charge in [0.2, 0.25) is 0 Å². The number of halogens is 2. The average Bonchev–Trinajstić information content (AvgIpc) is 2.85. The van der Waals surface area contributed by atoms with Crippen molar-refractivity contribution >= 4 is 17.2 Å². The van der Waals surface area contributed by atoms with Gasteiger partial charge in [-0.15, -0.1) is 0 Å². The molecule has 1 nitrogen and oxygen atoms in total. The van der Waals surface area contributed by atoms with Gasteiger partial charge < -0.3 is 4.74 Å². The molecule has 32 heavy (non-hydrogen) atoms. The van der Waals surface area contributed by atoms with Gasteiger partial charge in [-0.05, 0) is 105 Å². The van der Waals surface area contributed by atoms with Gasteiger partial charge in [-0.25, -0.2) is 4.39 Å². The summed E-state index contributed by atoms with van der Waals surface area (Å²) in [7, 11) is 0. The third-order valence-electron chi connectivity index (χ3n) is 8.72. The van der Waals surface area contributed by atoms with Gasteiger partial charge in [0.25, 0.3) is 0 Å². The fourth-order valence-corrected chi connectivity index (χ4v) is 6.84. The first-order valence-corrected chi connectivity index (χ1v) is 13.8. The number of hydrogen-bond donors (Lipinski definition) is 0. The highest BCUT2D eigenvalue weighted by Crippen LogP contribution is 2.44. The smallest absolute Gasteiger partial charge is 0.145 e. The van der Waals surface area contributed by atoms with E-state index in [1.165, 1.54) is 44.1 Å². The summed E-state index contributed by atoms with van der Waals surface area (Å²) in [5, 5.41) is 0.347. The predicted molar refractivity (Wildman–Crippen MR) is 134 cm³/mol. The molecule has 3 aliphatic rings. The maximum atomic E-state index is 15.3. The summed E-state index contributed by atoms with van der Waals surface area (Å²) in [5.41, 5.74) is 3.01. The van der Waals surface area contributed by atoms with Crippen LogP contribution in [0.4, 0.5) is 4.39 Å². The van der Waals surface area contributed by atoms with Gasteiger partial charge in [-0.2, -0.15) is 0 Å². The predicted octanol–water partition coefficient (Wildman–Crippen LogP) is 9.33. The van der Waals surface area contributed by atoms with E-state index in [1.54, 1.807) is 0 Å². The Morgan fingerprint density at radius 1 is 0.938 bits per heavy atom. The van der Waals surface area contributed by atoms with E-state index in [2.05, 4.69) is 26.0 Å². The quantitative estimate of drug-likeness (QED) is 0.393. The largest absolute Gasteiger partial charge is 0.378 e. The molecule has 0 amide bonds. The molecule has 0 saturated heterocycles. The zero-order valence-electron chi connectivity index (χ0n) is 20.2. The van der Waals surface area contributed by atoms with Crippen LogP contribution in [0.3, 0.4) is 0 Å². The summed E-state index contributed by atoms with van der Waals surface area (Å²) < 4.78 is 21.3. The lowest BCUT2D eigenvalue weighted by Gasteiger charge is -2.35. The minimum absolute atomic E-state index is 0.178. The molecule has 0 aromatic heterocycles. The van der Waals surface area contributed by atoms with Crippen LogP contribution in [0.1, 0.15) is 114 Å². The average molecular weight is 461 g/mol. The SMILES string of the molecule is CCCOC1CCC(c2ccc(C3=CCC(C4CCC(CC)CC4)CC3)c(Cl)c2F)CC1. The Balaban J connectivity index is 1.37. The van der Waals surface area contributed by atoms with Gasteiger partial charge in [0.05, 0.1) is 11.1 Å². The minimum atomic E-state index is -0.178. The third-order valence-corrected chi connectivity index (χ3v) is 9.09. The molecule has 3 aliphatic carbocycles. The summed E-state index contributed by atoms with van der Waals surface area (Å²) in [6.45, 7) is 5.31. The van der Waals surface area contributed by atoms with E-state index in [0.29, 0.717) is 11.1 Å². The first-order chi connectivity index (χ1) is 15.6. The van der Waals surface area contributed by atoms with Crippen LogP contribution in [0.25, 0.3) is 5.57 Å². The summed E-state index contributed by atoms with van der Waals surface area (Å²) in [4.78, 5) is 0. The van der Waals surface area contributed by atoms with Crippen molar-refractivity contribution in [2.45, 2.75) is 109 Å². The van der Waals surface area contributed by atoms with Crippen molar-refractivity contribution < 1.29 is 9.13 Å². The van der Waals surface area contributed by atoms with Crippen molar-refractivity contribution in [2.75, 3.05) is 6.61 Å². The van der Waals surface area contributed by atoms with Crippen molar-refractivity contribution in [2.24, 2.45) is 17.8 Å². The van der Waals surface area contributed by atoms with E-state index < -0.39 is 0 Å². The lowest BCUT2D eigenvalue weighted by molar-refractivity contribution is 0.0249. The van der Waals surface area contributed by atoms with E-state index in [-0.39, 0.29) is 11.7 Å². The summed E-state index contributed by atoms with van der Waals surface area (Å²) in [5.74, 6) is 2.75. The van der Waals surface area contributed by atoms with Crippen molar-refractivity contribution in [3.63, 3.8) is 0 Å². The Labute approximate surface area is 200 Å². The number of rotatable bonds is 7. The van der Waals surface area contributed by atoms with Gasteiger partial charge in [0.15, 0.2) is 0 Å². The lowest BCUT2D eigenvalue weighted by Crippen LogP contribution is -2.23. The first kappa shape index (κ1) is 24.3. The fourth-order valence-electron chi connectivity index (χ4n) is 6.55. The van der Waals surface area contributed by atoms with Gasteiger partial charge in [0, 0.05) is 6.61 Å². The topological polar surface area (TPSA) is 9.23 Å². The Hall–Kier alpha value is -0.860. The Morgan fingerprint density at radius 2 is 1.69 bits per heavy atom. The summed E-state index contributed by atoms with van der Waals surface area (Å²) >= 11 is 6.62. The number of ether oxygens (including phenoxy) is 1. The van der Waals surface area contributed by atoms with Crippen molar-refractivity contribution in [3.05, 3.63) is 40.2 Å². The molecule has 3 heteroatoms. The molecule has 0 bridgehead atoms. The fraction of sp³-hybridized carbons (Fsp3) is 0.724. The molecule has 0 aliphatic heterocycles. The molecule has 0 N–H and O–H groups in total. The van der Waals surface area contributed by atoms with Gasteiger partial charge >= 0.3 is 0 Å². The molecule has 1 aromatic carbocycles. The van der Waals surface area contributed by atoms with Gasteiger partial charge in [-0.3, -0.25) is 0 Å². The van der Waals surface area contributed by atoms with Crippen LogP contribution in [-0.2, 0) is 4.74 Å². The second-order valence-corrected chi connectivity index (χ2v) is 11.0. The molecule has 2 saturated carbocycles. The molecule has 1 atom stereocenters. The van der Waals surface area contributed by atoms with Crippen LogP contribution in [0.5, 0.6) is 0 Å². The van der Waals surface area contributed by atoms with E-state index in [1.807, 2.05) is 6.07 Å². The number of allylic oxidation sites excluding steroid dienone is 2. The van der Waals surface area contributed by atoms with Crippen LogP contribution in [0.2, 0.25) is 5.02 Å². The number of benzene rings is 1.